The van der Waals surface area contributed by atoms with E-state index in [0.29, 0.717) is 23.0 Å². The van der Waals surface area contributed by atoms with Crippen molar-refractivity contribution in [3.8, 4) is 11.5 Å². The van der Waals surface area contributed by atoms with Crippen molar-refractivity contribution >= 4 is 46.3 Å². The van der Waals surface area contributed by atoms with E-state index in [2.05, 4.69) is 0 Å². The van der Waals surface area contributed by atoms with E-state index in [9.17, 15) is 14.7 Å². The van der Waals surface area contributed by atoms with E-state index in [1.165, 1.54) is 7.11 Å². The minimum atomic E-state index is -1.32. The Kier molecular flexibility index (Phi) is 6.44. The van der Waals surface area contributed by atoms with E-state index >= 15 is 0 Å². The molecule has 1 aromatic rings. The molecular formula is C17H18NO5S2-. The quantitative estimate of drug-likeness (QED) is 0.527. The van der Waals surface area contributed by atoms with Crippen molar-refractivity contribution in [3.63, 3.8) is 0 Å². The van der Waals surface area contributed by atoms with Crippen LogP contribution in [0.3, 0.4) is 0 Å². The molecule has 0 aromatic heterocycles. The summed E-state index contributed by atoms with van der Waals surface area (Å²) < 4.78 is 11.0. The Hall–Kier alpha value is -2.06. The molecule has 0 unspecified atom stereocenters. The molecule has 1 fully saturated rings. The molecule has 0 saturated carbocycles. The Balaban J connectivity index is 2.31. The first kappa shape index (κ1) is 19.3. The zero-order chi connectivity index (χ0) is 18.6. The van der Waals surface area contributed by atoms with E-state index in [1.54, 1.807) is 31.2 Å². The number of aliphatic carboxylic acids is 1. The van der Waals surface area contributed by atoms with Crippen LogP contribution in [0.4, 0.5) is 0 Å². The fourth-order valence-electron chi connectivity index (χ4n) is 2.40. The van der Waals surface area contributed by atoms with Gasteiger partial charge in [0.25, 0.3) is 5.91 Å². The summed E-state index contributed by atoms with van der Waals surface area (Å²) in [7, 11) is 1.53. The number of carbonyl (C=O) groups excluding carboxylic acids is 2. The van der Waals surface area contributed by atoms with Gasteiger partial charge in [-0.1, -0.05) is 37.0 Å². The summed E-state index contributed by atoms with van der Waals surface area (Å²) in [5, 5.41) is 11.2. The zero-order valence-corrected chi connectivity index (χ0v) is 15.7. The van der Waals surface area contributed by atoms with Crippen molar-refractivity contribution in [2.24, 2.45) is 0 Å². The Morgan fingerprint density at radius 1 is 1.40 bits per heavy atom. The summed E-state index contributed by atoms with van der Waals surface area (Å²) in [6, 6.07) is 4.22. The van der Waals surface area contributed by atoms with Crippen molar-refractivity contribution in [3.05, 3.63) is 28.7 Å². The highest BCUT2D eigenvalue weighted by atomic mass is 32.2. The van der Waals surface area contributed by atoms with E-state index in [0.717, 1.165) is 22.2 Å². The second-order valence-electron chi connectivity index (χ2n) is 5.14. The molecule has 0 bridgehead atoms. The van der Waals surface area contributed by atoms with Crippen LogP contribution >= 0.6 is 24.0 Å². The smallest absolute Gasteiger partial charge is 0.266 e. The number of carboxylic acid groups (broad SMARTS) is 1. The normalized spacial score (nSPS) is 17.1. The first-order valence-electron chi connectivity index (χ1n) is 7.71. The number of methoxy groups -OCH3 is 1. The van der Waals surface area contributed by atoms with Crippen LogP contribution in [0.2, 0.25) is 0 Å². The highest BCUT2D eigenvalue weighted by molar-refractivity contribution is 8.26. The van der Waals surface area contributed by atoms with Gasteiger partial charge in [-0.15, -0.1) is 0 Å². The minimum absolute atomic E-state index is 0.213. The lowest BCUT2D eigenvalue weighted by Crippen LogP contribution is -2.49. The fraction of sp³-hybridized carbons (Fsp3) is 0.353. The number of thioether (sulfide) groups is 1. The number of hydrogen-bond acceptors (Lipinski definition) is 7. The maximum Gasteiger partial charge on any atom is 0.266 e. The number of carbonyl (C=O) groups is 2. The van der Waals surface area contributed by atoms with E-state index in [4.69, 9.17) is 21.7 Å². The summed E-state index contributed by atoms with van der Waals surface area (Å²) in [6.07, 6.45) is 1.87. The van der Waals surface area contributed by atoms with E-state index in [-0.39, 0.29) is 10.7 Å². The monoisotopic (exact) mass is 380 g/mol. The number of thiocarbonyl (C=S) groups is 1. The molecule has 0 aliphatic carbocycles. The summed E-state index contributed by atoms with van der Waals surface area (Å²) in [5.41, 5.74) is 0.724. The molecule has 25 heavy (non-hydrogen) atoms. The Morgan fingerprint density at radius 3 is 2.68 bits per heavy atom. The van der Waals surface area contributed by atoms with E-state index < -0.39 is 17.9 Å². The maximum absolute atomic E-state index is 12.6. The number of nitrogens with zero attached hydrogens (tertiary/aromatic N) is 1. The Labute approximate surface area is 155 Å². The SMILES string of the molecule is CCOc1ccc(/C=C2/SC(=S)N([C@@H](CC)C(=O)[O-])C2=O)cc1OC. The van der Waals surface area contributed by atoms with Gasteiger partial charge in [-0.25, -0.2) is 0 Å². The topological polar surface area (TPSA) is 78.9 Å². The molecule has 1 atom stereocenters. The largest absolute Gasteiger partial charge is 0.548 e. The molecule has 1 aliphatic heterocycles. The second kappa shape index (κ2) is 8.35. The van der Waals surface area contributed by atoms with Crippen LogP contribution in [-0.4, -0.2) is 40.9 Å². The molecule has 1 aliphatic rings. The lowest BCUT2D eigenvalue weighted by molar-refractivity contribution is -0.310. The minimum Gasteiger partial charge on any atom is -0.548 e. The molecular weight excluding hydrogens is 362 g/mol. The summed E-state index contributed by atoms with van der Waals surface area (Å²) >= 11 is 6.24. The number of rotatable bonds is 7. The average Bonchev–Trinajstić information content (AvgIpc) is 2.84. The lowest BCUT2D eigenvalue weighted by atomic mass is 10.1. The molecule has 134 valence electrons. The van der Waals surface area contributed by atoms with Gasteiger partial charge in [0.05, 0.1) is 30.6 Å². The average molecular weight is 380 g/mol. The predicted octanol–water partition coefficient (Wildman–Crippen LogP) is 1.82. The van der Waals surface area contributed by atoms with Crippen LogP contribution < -0.4 is 14.6 Å². The number of ether oxygens (including phenoxy) is 2. The van der Waals surface area contributed by atoms with Crippen LogP contribution in [0.15, 0.2) is 23.1 Å². The molecule has 0 spiro atoms. The number of benzene rings is 1. The Morgan fingerprint density at radius 2 is 2.12 bits per heavy atom. The highest BCUT2D eigenvalue weighted by Crippen LogP contribution is 2.36. The van der Waals surface area contributed by atoms with Crippen LogP contribution in [0.1, 0.15) is 25.8 Å². The van der Waals surface area contributed by atoms with Gasteiger partial charge in [0.2, 0.25) is 0 Å². The molecule has 1 aromatic carbocycles. The van der Waals surface area contributed by atoms with Gasteiger partial charge in [-0.3, -0.25) is 9.69 Å². The van der Waals surface area contributed by atoms with Crippen molar-refractivity contribution in [1.29, 1.82) is 0 Å². The number of hydrogen-bond donors (Lipinski definition) is 0. The Bertz CT molecular complexity index is 732. The van der Waals surface area contributed by atoms with Crippen molar-refractivity contribution in [2.45, 2.75) is 26.3 Å². The summed E-state index contributed by atoms with van der Waals surface area (Å²) in [6.45, 7) is 4.05. The van der Waals surface area contributed by atoms with Gasteiger partial charge in [0.1, 0.15) is 4.32 Å². The molecule has 0 radical (unpaired) electrons. The van der Waals surface area contributed by atoms with Crippen LogP contribution in [0.5, 0.6) is 11.5 Å². The summed E-state index contributed by atoms with van der Waals surface area (Å²) in [5.74, 6) is -0.591. The lowest BCUT2D eigenvalue weighted by Gasteiger charge is -2.26. The van der Waals surface area contributed by atoms with E-state index in [1.807, 2.05) is 6.92 Å². The zero-order valence-electron chi connectivity index (χ0n) is 14.1. The van der Waals surface area contributed by atoms with Gasteiger partial charge in [0, 0.05) is 0 Å². The molecule has 1 heterocycles. The summed E-state index contributed by atoms with van der Waals surface area (Å²) in [4.78, 5) is 25.2. The maximum atomic E-state index is 12.6. The van der Waals surface area contributed by atoms with Crippen LogP contribution in [0.25, 0.3) is 6.08 Å². The van der Waals surface area contributed by atoms with Crippen molar-refractivity contribution in [2.75, 3.05) is 13.7 Å². The third kappa shape index (κ3) is 4.13. The predicted molar refractivity (Wildman–Crippen MR) is 98.3 cm³/mol. The molecule has 1 saturated heterocycles. The standard InChI is InChI=1S/C17H19NO5S2/c1-4-11(16(20)21)18-15(19)14(25-17(18)24)9-10-6-7-12(23-5-2)13(8-10)22-3/h6-9,11H,4-5H2,1-3H3,(H,20,21)/p-1/b14-9+/t11-/m0/s1. The van der Waals surface area contributed by atoms with Crippen LogP contribution in [-0.2, 0) is 9.59 Å². The first-order valence-corrected chi connectivity index (χ1v) is 8.94. The highest BCUT2D eigenvalue weighted by Gasteiger charge is 2.37. The molecule has 1 amide bonds. The number of carboxylic acids is 1. The van der Waals surface area contributed by atoms with Gasteiger partial charge >= 0.3 is 0 Å². The van der Waals surface area contributed by atoms with Crippen LogP contribution in [0, 0.1) is 0 Å². The second-order valence-corrected chi connectivity index (χ2v) is 6.81. The number of amides is 1. The first-order chi connectivity index (χ1) is 11.9. The third-order valence-corrected chi connectivity index (χ3v) is 4.91. The van der Waals surface area contributed by atoms with Gasteiger partial charge in [0.15, 0.2) is 11.5 Å². The van der Waals surface area contributed by atoms with Gasteiger partial charge in [-0.2, -0.15) is 0 Å². The van der Waals surface area contributed by atoms with Crippen molar-refractivity contribution < 1.29 is 24.2 Å². The molecule has 2 rings (SSSR count). The molecule has 8 heteroatoms. The van der Waals surface area contributed by atoms with Crippen molar-refractivity contribution in [1.82, 2.24) is 4.90 Å². The molecule has 6 nitrogen and oxygen atoms in total. The van der Waals surface area contributed by atoms with Gasteiger partial charge < -0.3 is 19.4 Å². The molecule has 0 N–H and O–H groups in total. The third-order valence-electron chi connectivity index (χ3n) is 3.58. The fourth-order valence-corrected chi connectivity index (χ4v) is 3.76. The van der Waals surface area contributed by atoms with Gasteiger partial charge in [-0.05, 0) is 37.1 Å².